The molecular weight excluding hydrogens is 378 g/mol. The average Bonchev–Trinajstić information content (AvgIpc) is 2.66. The Hall–Kier alpha value is -2.26. The standard InChI is InChI=1S/C20H27N3O4S/c1-3-23(18(15-27-2)12-16-8-5-4-6-9-16)14-20(24)22-17-10-7-11-19(13-17)28(21,25)26/h4-11,13,18H,3,12,14-15H2,1-2H3,(H,22,24)(H2,21,25,26)/t18-/m0/s1. The second-order valence-corrected chi connectivity index (χ2v) is 8.04. The minimum Gasteiger partial charge on any atom is -0.383 e. The monoisotopic (exact) mass is 405 g/mol. The Morgan fingerprint density at radius 3 is 2.50 bits per heavy atom. The third-order valence-corrected chi connectivity index (χ3v) is 5.30. The number of rotatable bonds is 10. The van der Waals surface area contributed by atoms with Crippen molar-refractivity contribution >= 4 is 21.6 Å². The summed E-state index contributed by atoms with van der Waals surface area (Å²) >= 11 is 0. The van der Waals surface area contributed by atoms with Crippen LogP contribution in [0.25, 0.3) is 0 Å². The van der Waals surface area contributed by atoms with Gasteiger partial charge in [0.1, 0.15) is 0 Å². The van der Waals surface area contributed by atoms with Crippen LogP contribution in [0.3, 0.4) is 0 Å². The number of ether oxygens (including phenoxy) is 1. The molecule has 0 aromatic heterocycles. The molecule has 3 N–H and O–H groups in total. The Labute approximate surface area is 166 Å². The summed E-state index contributed by atoms with van der Waals surface area (Å²) in [7, 11) is -2.18. The number of nitrogens with one attached hydrogen (secondary N) is 1. The molecule has 0 aliphatic carbocycles. The summed E-state index contributed by atoms with van der Waals surface area (Å²) in [6, 6.07) is 16.0. The molecule has 0 spiro atoms. The van der Waals surface area contributed by atoms with E-state index in [0.717, 1.165) is 6.42 Å². The molecule has 2 aromatic rings. The maximum atomic E-state index is 12.5. The van der Waals surface area contributed by atoms with Crippen LogP contribution >= 0.6 is 0 Å². The van der Waals surface area contributed by atoms with Gasteiger partial charge in [0.05, 0.1) is 18.0 Å². The zero-order chi connectivity index (χ0) is 20.6. The summed E-state index contributed by atoms with van der Waals surface area (Å²) in [6.45, 7) is 3.32. The van der Waals surface area contributed by atoms with E-state index in [2.05, 4.69) is 17.4 Å². The number of hydrogen-bond donors (Lipinski definition) is 2. The molecule has 0 saturated heterocycles. The second-order valence-electron chi connectivity index (χ2n) is 6.48. The van der Waals surface area contributed by atoms with Crippen molar-refractivity contribution in [3.63, 3.8) is 0 Å². The fraction of sp³-hybridized carbons (Fsp3) is 0.350. The molecule has 0 bridgehead atoms. The summed E-state index contributed by atoms with van der Waals surface area (Å²) in [5.41, 5.74) is 1.56. The molecule has 0 radical (unpaired) electrons. The molecule has 28 heavy (non-hydrogen) atoms. The van der Waals surface area contributed by atoms with E-state index in [4.69, 9.17) is 9.88 Å². The van der Waals surface area contributed by atoms with E-state index in [-0.39, 0.29) is 23.4 Å². The third-order valence-electron chi connectivity index (χ3n) is 4.39. The lowest BCUT2D eigenvalue weighted by atomic mass is 10.0. The highest BCUT2D eigenvalue weighted by Gasteiger charge is 2.20. The highest BCUT2D eigenvalue weighted by atomic mass is 32.2. The Kier molecular flexibility index (Phi) is 8.13. The van der Waals surface area contributed by atoms with E-state index in [0.29, 0.717) is 18.8 Å². The first-order chi connectivity index (χ1) is 13.3. The molecule has 0 fully saturated rings. The molecular formula is C20H27N3O4S. The molecule has 2 rings (SSSR count). The topological polar surface area (TPSA) is 102 Å². The molecule has 0 heterocycles. The van der Waals surface area contributed by atoms with Gasteiger partial charge in [-0.25, -0.2) is 13.6 Å². The summed E-state index contributed by atoms with van der Waals surface area (Å²) in [6.07, 6.45) is 0.761. The van der Waals surface area contributed by atoms with Crippen LogP contribution in [0.2, 0.25) is 0 Å². The molecule has 8 heteroatoms. The number of nitrogens with two attached hydrogens (primary N) is 1. The van der Waals surface area contributed by atoms with Gasteiger partial charge in [-0.3, -0.25) is 9.69 Å². The first kappa shape index (κ1) is 22.0. The first-order valence-corrected chi connectivity index (χ1v) is 10.6. The van der Waals surface area contributed by atoms with E-state index in [1.165, 1.54) is 23.8 Å². The van der Waals surface area contributed by atoms with Crippen molar-refractivity contribution in [1.82, 2.24) is 4.90 Å². The number of hydrogen-bond acceptors (Lipinski definition) is 5. The maximum Gasteiger partial charge on any atom is 0.238 e. The normalized spacial score (nSPS) is 12.7. The Morgan fingerprint density at radius 1 is 1.18 bits per heavy atom. The predicted molar refractivity (Wildman–Crippen MR) is 110 cm³/mol. The molecule has 2 aromatic carbocycles. The van der Waals surface area contributed by atoms with Crippen molar-refractivity contribution in [1.29, 1.82) is 0 Å². The van der Waals surface area contributed by atoms with Gasteiger partial charge in [-0.05, 0) is 36.7 Å². The lowest BCUT2D eigenvalue weighted by molar-refractivity contribution is -0.118. The van der Waals surface area contributed by atoms with Gasteiger partial charge in [0.15, 0.2) is 0 Å². The van der Waals surface area contributed by atoms with Gasteiger partial charge >= 0.3 is 0 Å². The SMILES string of the molecule is CCN(CC(=O)Nc1cccc(S(N)(=O)=O)c1)[C@H](COC)Cc1ccccc1. The molecule has 7 nitrogen and oxygen atoms in total. The van der Waals surface area contributed by atoms with E-state index < -0.39 is 10.0 Å². The number of amides is 1. The maximum absolute atomic E-state index is 12.5. The van der Waals surface area contributed by atoms with Gasteiger partial charge in [0, 0.05) is 18.8 Å². The van der Waals surface area contributed by atoms with Crippen molar-refractivity contribution in [3.8, 4) is 0 Å². The Morgan fingerprint density at radius 2 is 1.89 bits per heavy atom. The minimum absolute atomic E-state index is 0.0407. The number of primary sulfonamides is 1. The number of benzene rings is 2. The zero-order valence-electron chi connectivity index (χ0n) is 16.2. The molecule has 0 aliphatic heterocycles. The van der Waals surface area contributed by atoms with Crippen LogP contribution in [0.15, 0.2) is 59.5 Å². The highest BCUT2D eigenvalue weighted by molar-refractivity contribution is 7.89. The highest BCUT2D eigenvalue weighted by Crippen LogP contribution is 2.15. The molecule has 0 saturated carbocycles. The van der Waals surface area contributed by atoms with E-state index in [9.17, 15) is 13.2 Å². The fourth-order valence-corrected chi connectivity index (χ4v) is 3.57. The van der Waals surface area contributed by atoms with Crippen molar-refractivity contribution in [3.05, 3.63) is 60.2 Å². The first-order valence-electron chi connectivity index (χ1n) is 9.03. The zero-order valence-corrected chi connectivity index (χ0v) is 17.0. The fourth-order valence-electron chi connectivity index (χ4n) is 3.01. The number of likely N-dealkylation sites (N-methyl/N-ethyl adjacent to an activating group) is 1. The van der Waals surface area contributed by atoms with Crippen LogP contribution in [0, 0.1) is 0 Å². The quantitative estimate of drug-likeness (QED) is 0.628. The predicted octanol–water partition coefficient (Wildman–Crippen LogP) is 1.85. The largest absolute Gasteiger partial charge is 0.383 e. The van der Waals surface area contributed by atoms with E-state index in [1.807, 2.05) is 30.0 Å². The van der Waals surface area contributed by atoms with Crippen molar-refractivity contribution in [2.24, 2.45) is 5.14 Å². The molecule has 0 unspecified atom stereocenters. The van der Waals surface area contributed by atoms with Crippen molar-refractivity contribution < 1.29 is 17.9 Å². The number of sulfonamides is 1. The molecule has 0 aliphatic rings. The van der Waals surface area contributed by atoms with Gasteiger partial charge in [0.25, 0.3) is 0 Å². The smallest absolute Gasteiger partial charge is 0.238 e. The lowest BCUT2D eigenvalue weighted by Gasteiger charge is -2.30. The van der Waals surface area contributed by atoms with Crippen LogP contribution in [-0.2, 0) is 26.0 Å². The van der Waals surface area contributed by atoms with Gasteiger partial charge < -0.3 is 10.1 Å². The minimum atomic E-state index is -3.82. The number of carbonyl (C=O) groups is 1. The average molecular weight is 406 g/mol. The summed E-state index contributed by atoms with van der Waals surface area (Å²) < 4.78 is 28.3. The third kappa shape index (κ3) is 6.72. The molecule has 1 atom stereocenters. The van der Waals surface area contributed by atoms with Crippen LogP contribution < -0.4 is 10.5 Å². The van der Waals surface area contributed by atoms with Gasteiger partial charge in [-0.1, -0.05) is 43.3 Å². The summed E-state index contributed by atoms with van der Waals surface area (Å²) in [5.74, 6) is -0.234. The Bertz CT molecular complexity index is 872. The van der Waals surface area contributed by atoms with E-state index >= 15 is 0 Å². The van der Waals surface area contributed by atoms with Gasteiger partial charge in [-0.15, -0.1) is 0 Å². The second kappa shape index (κ2) is 10.3. The Balaban J connectivity index is 2.06. The van der Waals surface area contributed by atoms with Crippen LogP contribution in [0.1, 0.15) is 12.5 Å². The number of carbonyl (C=O) groups excluding carboxylic acids is 1. The number of methoxy groups -OCH3 is 1. The van der Waals surface area contributed by atoms with Gasteiger partial charge in [0.2, 0.25) is 15.9 Å². The summed E-state index contributed by atoms with van der Waals surface area (Å²) in [4.78, 5) is 14.5. The number of nitrogens with zero attached hydrogens (tertiary/aromatic N) is 1. The van der Waals surface area contributed by atoms with Crippen LogP contribution in [0.4, 0.5) is 5.69 Å². The van der Waals surface area contributed by atoms with Crippen LogP contribution in [0.5, 0.6) is 0 Å². The van der Waals surface area contributed by atoms with E-state index in [1.54, 1.807) is 13.2 Å². The molecule has 152 valence electrons. The van der Waals surface area contributed by atoms with Crippen molar-refractivity contribution in [2.45, 2.75) is 24.3 Å². The lowest BCUT2D eigenvalue weighted by Crippen LogP contribution is -2.44. The van der Waals surface area contributed by atoms with Crippen molar-refractivity contribution in [2.75, 3.05) is 32.1 Å². The van der Waals surface area contributed by atoms with Gasteiger partial charge in [-0.2, -0.15) is 0 Å². The van der Waals surface area contributed by atoms with Crippen LogP contribution in [-0.4, -0.2) is 52.1 Å². The summed E-state index contributed by atoms with van der Waals surface area (Å²) in [5, 5.41) is 7.88. The number of anilines is 1. The molecule has 1 amide bonds.